The number of carboxylic acids is 1. The Morgan fingerprint density at radius 3 is 2.24 bits per heavy atom. The number of carboxylic acid groups (broad SMARTS) is 1. The lowest BCUT2D eigenvalue weighted by atomic mass is 9.86. The van der Waals surface area contributed by atoms with E-state index in [1.165, 1.54) is 11.3 Å². The summed E-state index contributed by atoms with van der Waals surface area (Å²) >= 11 is 1.31. The van der Waals surface area contributed by atoms with Crippen molar-refractivity contribution in [2.75, 3.05) is 0 Å². The number of carbonyl (C=O) groups excluding carboxylic acids is 1. The van der Waals surface area contributed by atoms with E-state index in [1.54, 1.807) is 6.92 Å². The smallest absolute Gasteiger partial charge is 0.305 e. The van der Waals surface area contributed by atoms with Crippen molar-refractivity contribution in [3.8, 4) is 0 Å². The molecule has 0 aliphatic heterocycles. The summed E-state index contributed by atoms with van der Waals surface area (Å²) in [6, 6.07) is 7.16. The zero-order chi connectivity index (χ0) is 18.8. The number of rotatable bonds is 5. The average molecular weight is 360 g/mol. The van der Waals surface area contributed by atoms with Crippen LogP contribution in [0.2, 0.25) is 0 Å². The highest BCUT2D eigenvalue weighted by atomic mass is 32.1. The molecule has 5 nitrogen and oxygen atoms in total. The summed E-state index contributed by atoms with van der Waals surface area (Å²) in [6.45, 7) is 9.98. The molecule has 6 heteroatoms. The van der Waals surface area contributed by atoms with Gasteiger partial charge in [-0.05, 0) is 30.4 Å². The number of aromatic nitrogens is 1. The monoisotopic (exact) mass is 360 g/mol. The van der Waals surface area contributed by atoms with Crippen LogP contribution in [-0.2, 0) is 10.2 Å². The Morgan fingerprint density at radius 1 is 1.20 bits per heavy atom. The van der Waals surface area contributed by atoms with Crippen molar-refractivity contribution in [2.24, 2.45) is 0 Å². The molecule has 0 radical (unpaired) electrons. The Bertz CT molecular complexity index is 773. The van der Waals surface area contributed by atoms with Gasteiger partial charge in [-0.2, -0.15) is 0 Å². The summed E-state index contributed by atoms with van der Waals surface area (Å²) in [5.74, 6) is -1.24. The normalized spacial score (nSPS) is 12.7. The highest BCUT2D eigenvalue weighted by molar-refractivity contribution is 7.13. The zero-order valence-corrected chi connectivity index (χ0v) is 16.0. The third-order valence-corrected chi connectivity index (χ3v) is 5.04. The minimum Gasteiger partial charge on any atom is -0.481 e. The average Bonchev–Trinajstić information content (AvgIpc) is 2.84. The van der Waals surface area contributed by atoms with Gasteiger partial charge in [0.15, 0.2) is 0 Å². The van der Waals surface area contributed by atoms with Gasteiger partial charge in [-0.25, -0.2) is 4.98 Å². The molecular formula is C19H24N2O3S. The van der Waals surface area contributed by atoms with Crippen LogP contribution in [0.4, 0.5) is 0 Å². The second kappa shape index (κ2) is 7.35. The molecule has 25 heavy (non-hydrogen) atoms. The van der Waals surface area contributed by atoms with E-state index in [2.05, 4.69) is 31.1 Å². The fraction of sp³-hybridized carbons (Fsp3) is 0.421. The predicted octanol–water partition coefficient (Wildman–Crippen LogP) is 4.00. The number of carbonyl (C=O) groups is 2. The van der Waals surface area contributed by atoms with Crippen molar-refractivity contribution >= 4 is 23.2 Å². The molecule has 0 spiro atoms. The van der Waals surface area contributed by atoms with Gasteiger partial charge < -0.3 is 10.4 Å². The van der Waals surface area contributed by atoms with Crippen LogP contribution in [0.3, 0.4) is 0 Å². The van der Waals surface area contributed by atoms with Crippen LogP contribution < -0.4 is 5.32 Å². The molecule has 0 fully saturated rings. The molecule has 0 bridgehead atoms. The third-order valence-electron chi connectivity index (χ3n) is 3.97. The molecule has 0 saturated heterocycles. The van der Waals surface area contributed by atoms with Gasteiger partial charge in [0.2, 0.25) is 0 Å². The number of hydrogen-bond donors (Lipinski definition) is 2. The first-order chi connectivity index (χ1) is 11.6. The largest absolute Gasteiger partial charge is 0.481 e. The van der Waals surface area contributed by atoms with Gasteiger partial charge in [0, 0.05) is 0 Å². The van der Waals surface area contributed by atoms with Gasteiger partial charge in [-0.3, -0.25) is 9.59 Å². The number of nitrogens with one attached hydrogen (secondary N) is 1. The van der Waals surface area contributed by atoms with E-state index in [0.29, 0.717) is 10.6 Å². The highest BCUT2D eigenvalue weighted by Crippen LogP contribution is 2.26. The van der Waals surface area contributed by atoms with Crippen molar-refractivity contribution in [1.82, 2.24) is 10.3 Å². The molecule has 2 aromatic rings. The number of aryl methyl sites for hydroxylation is 2. The number of benzene rings is 1. The molecule has 134 valence electrons. The second-order valence-electron chi connectivity index (χ2n) is 7.14. The van der Waals surface area contributed by atoms with Crippen LogP contribution in [0.15, 0.2) is 24.3 Å². The Hall–Kier alpha value is -2.21. The topological polar surface area (TPSA) is 79.3 Å². The van der Waals surface area contributed by atoms with Crippen LogP contribution in [0.1, 0.15) is 64.7 Å². The van der Waals surface area contributed by atoms with Crippen molar-refractivity contribution < 1.29 is 14.7 Å². The van der Waals surface area contributed by atoms with E-state index >= 15 is 0 Å². The maximum atomic E-state index is 12.5. The third kappa shape index (κ3) is 4.89. The molecule has 2 rings (SSSR count). The molecule has 1 amide bonds. The van der Waals surface area contributed by atoms with Crippen molar-refractivity contribution in [3.63, 3.8) is 0 Å². The first-order valence-corrected chi connectivity index (χ1v) is 8.96. The molecule has 1 aromatic heterocycles. The standard InChI is InChI=1S/C19H24N2O3S/c1-11-17(25-12(2)20-11)18(24)21-15(10-16(22)23)13-6-8-14(9-7-13)19(3,4)5/h6-9,15H,10H2,1-5H3,(H,21,24)(H,22,23). The molecule has 1 unspecified atom stereocenters. The van der Waals surface area contributed by atoms with Gasteiger partial charge >= 0.3 is 5.97 Å². The van der Waals surface area contributed by atoms with E-state index in [1.807, 2.05) is 31.2 Å². The lowest BCUT2D eigenvalue weighted by molar-refractivity contribution is -0.137. The lowest BCUT2D eigenvalue weighted by Gasteiger charge is -2.21. The zero-order valence-electron chi connectivity index (χ0n) is 15.2. The predicted molar refractivity (Wildman–Crippen MR) is 99.2 cm³/mol. The number of aliphatic carboxylic acids is 1. The van der Waals surface area contributed by atoms with Crippen LogP contribution in [0.25, 0.3) is 0 Å². The molecule has 1 aromatic carbocycles. The summed E-state index contributed by atoms with van der Waals surface area (Å²) in [6.07, 6.45) is -0.169. The minimum absolute atomic E-state index is 0.0152. The Morgan fingerprint density at radius 2 is 1.80 bits per heavy atom. The molecule has 1 heterocycles. The van der Waals surface area contributed by atoms with E-state index in [4.69, 9.17) is 0 Å². The summed E-state index contributed by atoms with van der Waals surface area (Å²) < 4.78 is 0. The number of amides is 1. The van der Waals surface area contributed by atoms with Gasteiger partial charge in [-0.1, -0.05) is 45.0 Å². The summed E-state index contributed by atoms with van der Waals surface area (Å²) in [4.78, 5) is 28.6. The number of thiazole rings is 1. The maximum Gasteiger partial charge on any atom is 0.305 e. The van der Waals surface area contributed by atoms with Gasteiger partial charge in [0.05, 0.1) is 23.2 Å². The minimum atomic E-state index is -0.956. The van der Waals surface area contributed by atoms with Crippen LogP contribution in [0.5, 0.6) is 0 Å². The summed E-state index contributed by atoms with van der Waals surface area (Å²) in [5.41, 5.74) is 2.62. The molecule has 2 N–H and O–H groups in total. The number of nitrogens with zero attached hydrogens (tertiary/aromatic N) is 1. The Balaban J connectivity index is 2.25. The first kappa shape index (κ1) is 19.1. The van der Waals surface area contributed by atoms with E-state index in [-0.39, 0.29) is 17.7 Å². The van der Waals surface area contributed by atoms with Gasteiger partial charge in [0.25, 0.3) is 5.91 Å². The SMILES string of the molecule is Cc1nc(C)c(C(=O)NC(CC(=O)O)c2ccc(C(C)(C)C)cc2)s1. The Kier molecular flexibility index (Phi) is 5.62. The fourth-order valence-electron chi connectivity index (χ4n) is 2.61. The van der Waals surface area contributed by atoms with Crippen molar-refractivity contribution in [3.05, 3.63) is 51.0 Å². The summed E-state index contributed by atoms with van der Waals surface area (Å²) in [5, 5.41) is 12.9. The van der Waals surface area contributed by atoms with Crippen molar-refractivity contribution in [1.29, 1.82) is 0 Å². The molecule has 0 saturated carbocycles. The second-order valence-corrected chi connectivity index (χ2v) is 8.35. The molecule has 0 aliphatic rings. The quantitative estimate of drug-likeness (QED) is 0.844. The maximum absolute atomic E-state index is 12.5. The van der Waals surface area contributed by atoms with Crippen molar-refractivity contribution in [2.45, 2.75) is 52.5 Å². The molecule has 1 atom stereocenters. The van der Waals surface area contributed by atoms with Crippen LogP contribution in [0, 0.1) is 13.8 Å². The van der Waals surface area contributed by atoms with Crippen LogP contribution in [-0.4, -0.2) is 22.0 Å². The van der Waals surface area contributed by atoms with E-state index < -0.39 is 12.0 Å². The number of hydrogen-bond acceptors (Lipinski definition) is 4. The lowest BCUT2D eigenvalue weighted by Crippen LogP contribution is -2.30. The van der Waals surface area contributed by atoms with Gasteiger partial charge in [0.1, 0.15) is 4.88 Å². The van der Waals surface area contributed by atoms with Crippen LogP contribution >= 0.6 is 11.3 Å². The molecular weight excluding hydrogens is 336 g/mol. The van der Waals surface area contributed by atoms with E-state index in [0.717, 1.165) is 16.1 Å². The van der Waals surface area contributed by atoms with E-state index in [9.17, 15) is 14.7 Å². The first-order valence-electron chi connectivity index (χ1n) is 8.15. The Labute approximate surface area is 152 Å². The van der Waals surface area contributed by atoms with Gasteiger partial charge in [-0.15, -0.1) is 11.3 Å². The highest BCUT2D eigenvalue weighted by Gasteiger charge is 2.22. The molecule has 0 aliphatic carbocycles. The summed E-state index contributed by atoms with van der Waals surface area (Å²) in [7, 11) is 0. The fourth-order valence-corrected chi connectivity index (χ4v) is 3.43.